The molecule has 0 aromatic heterocycles. The first-order chi connectivity index (χ1) is 9.97. The predicted octanol–water partition coefficient (Wildman–Crippen LogP) is 2.06. The molecule has 0 radical (unpaired) electrons. The molecule has 0 aliphatic carbocycles. The largest absolute Gasteiger partial charge is 0.343 e. The summed E-state index contributed by atoms with van der Waals surface area (Å²) in [5, 5.41) is 2.50. The van der Waals surface area contributed by atoms with E-state index in [9.17, 15) is 14.0 Å². The fraction of sp³-hybridized carbons (Fsp3) is 0.500. The molecule has 1 aromatic carbocycles. The van der Waals surface area contributed by atoms with E-state index >= 15 is 0 Å². The normalized spacial score (nSPS) is 22.0. The van der Waals surface area contributed by atoms with Crippen LogP contribution in [0.1, 0.15) is 30.6 Å². The zero-order chi connectivity index (χ0) is 15.4. The van der Waals surface area contributed by atoms with Gasteiger partial charge >= 0.3 is 0 Å². The highest BCUT2D eigenvalue weighted by atomic mass is 19.1. The van der Waals surface area contributed by atoms with Crippen molar-refractivity contribution in [2.75, 3.05) is 19.6 Å². The van der Waals surface area contributed by atoms with E-state index < -0.39 is 11.7 Å². The number of amides is 2. The minimum atomic E-state index is -0.581. The number of piperidine rings is 1. The Morgan fingerprint density at radius 1 is 1.24 bits per heavy atom. The molecule has 0 bridgehead atoms. The van der Waals surface area contributed by atoms with E-state index in [4.69, 9.17) is 0 Å². The molecule has 2 unspecified atom stereocenters. The van der Waals surface area contributed by atoms with Gasteiger partial charge in [0, 0.05) is 13.1 Å². The van der Waals surface area contributed by atoms with E-state index in [-0.39, 0.29) is 18.0 Å². The van der Waals surface area contributed by atoms with E-state index in [2.05, 4.69) is 19.2 Å². The van der Waals surface area contributed by atoms with Gasteiger partial charge in [-0.05, 0) is 30.4 Å². The molecule has 1 aliphatic rings. The molecule has 1 N–H and O–H groups in total. The first-order valence-electron chi connectivity index (χ1n) is 7.28. The standard InChI is InChI=1S/C16H21FN2O2/c1-11-7-12(2)10-19(9-11)15(20)8-18-16(21)13-5-3-4-6-14(13)17/h3-6,11-12H,7-10H2,1-2H3,(H,18,21). The highest BCUT2D eigenvalue weighted by Gasteiger charge is 2.25. The average molecular weight is 292 g/mol. The quantitative estimate of drug-likeness (QED) is 0.927. The zero-order valence-electron chi connectivity index (χ0n) is 12.4. The van der Waals surface area contributed by atoms with Crippen molar-refractivity contribution >= 4 is 11.8 Å². The van der Waals surface area contributed by atoms with Crippen LogP contribution in [0.5, 0.6) is 0 Å². The van der Waals surface area contributed by atoms with Crippen LogP contribution in [0, 0.1) is 17.7 Å². The Hall–Kier alpha value is -1.91. The molecule has 2 amide bonds. The number of hydrogen-bond donors (Lipinski definition) is 1. The van der Waals surface area contributed by atoms with Crippen LogP contribution in [0.25, 0.3) is 0 Å². The van der Waals surface area contributed by atoms with Crippen molar-refractivity contribution < 1.29 is 14.0 Å². The molecular formula is C16H21FN2O2. The molecule has 1 aromatic rings. The summed E-state index contributed by atoms with van der Waals surface area (Å²) in [6.07, 6.45) is 1.12. The first kappa shape index (κ1) is 15.5. The Morgan fingerprint density at radius 2 is 1.86 bits per heavy atom. The van der Waals surface area contributed by atoms with Crippen LogP contribution in [0.15, 0.2) is 24.3 Å². The smallest absolute Gasteiger partial charge is 0.254 e. The van der Waals surface area contributed by atoms with Crippen LogP contribution >= 0.6 is 0 Å². The second kappa shape index (κ2) is 6.70. The van der Waals surface area contributed by atoms with Gasteiger partial charge in [-0.2, -0.15) is 0 Å². The number of nitrogens with zero attached hydrogens (tertiary/aromatic N) is 1. The van der Waals surface area contributed by atoms with Gasteiger partial charge in [0.15, 0.2) is 0 Å². The maximum atomic E-state index is 13.5. The van der Waals surface area contributed by atoms with Crippen molar-refractivity contribution in [3.8, 4) is 0 Å². The lowest BCUT2D eigenvalue weighted by molar-refractivity contribution is -0.132. The molecule has 4 nitrogen and oxygen atoms in total. The Labute approximate surface area is 124 Å². The third-order valence-corrected chi connectivity index (χ3v) is 3.74. The monoisotopic (exact) mass is 292 g/mol. The number of benzene rings is 1. The van der Waals surface area contributed by atoms with Crippen LogP contribution in [0.2, 0.25) is 0 Å². The summed E-state index contributed by atoms with van der Waals surface area (Å²) in [5.74, 6) is -0.305. The van der Waals surface area contributed by atoms with E-state index in [1.807, 2.05) is 0 Å². The third-order valence-electron chi connectivity index (χ3n) is 3.74. The lowest BCUT2D eigenvalue weighted by atomic mass is 9.92. The SMILES string of the molecule is CC1CC(C)CN(C(=O)CNC(=O)c2ccccc2F)C1. The minimum Gasteiger partial charge on any atom is -0.343 e. The lowest BCUT2D eigenvalue weighted by Gasteiger charge is -2.35. The first-order valence-corrected chi connectivity index (χ1v) is 7.28. The van der Waals surface area contributed by atoms with Gasteiger partial charge < -0.3 is 10.2 Å². The van der Waals surface area contributed by atoms with E-state index in [0.29, 0.717) is 11.8 Å². The highest BCUT2D eigenvalue weighted by molar-refractivity contribution is 5.96. The molecule has 1 fully saturated rings. The van der Waals surface area contributed by atoms with Crippen molar-refractivity contribution in [1.82, 2.24) is 10.2 Å². The number of rotatable bonds is 3. The molecule has 2 rings (SSSR count). The topological polar surface area (TPSA) is 49.4 Å². The molecule has 21 heavy (non-hydrogen) atoms. The molecule has 1 heterocycles. The van der Waals surface area contributed by atoms with Gasteiger partial charge in [0.2, 0.25) is 5.91 Å². The molecule has 1 saturated heterocycles. The Kier molecular flexibility index (Phi) is 4.94. The molecular weight excluding hydrogens is 271 g/mol. The summed E-state index contributed by atoms with van der Waals surface area (Å²) in [7, 11) is 0. The highest BCUT2D eigenvalue weighted by Crippen LogP contribution is 2.20. The second-order valence-electron chi connectivity index (χ2n) is 5.91. The number of carbonyl (C=O) groups excluding carboxylic acids is 2. The summed E-state index contributed by atoms with van der Waals surface area (Å²) >= 11 is 0. The van der Waals surface area contributed by atoms with Crippen LogP contribution in [-0.4, -0.2) is 36.3 Å². The number of hydrogen-bond acceptors (Lipinski definition) is 2. The van der Waals surface area contributed by atoms with E-state index in [1.54, 1.807) is 11.0 Å². The number of nitrogens with one attached hydrogen (secondary N) is 1. The summed E-state index contributed by atoms with van der Waals surface area (Å²) in [4.78, 5) is 25.8. The molecule has 0 saturated carbocycles. The van der Waals surface area contributed by atoms with Crippen LogP contribution < -0.4 is 5.32 Å². The maximum Gasteiger partial charge on any atom is 0.254 e. The van der Waals surface area contributed by atoms with Crippen molar-refractivity contribution in [3.05, 3.63) is 35.6 Å². The Balaban J connectivity index is 1.89. The van der Waals surface area contributed by atoms with Gasteiger partial charge in [-0.1, -0.05) is 26.0 Å². The van der Waals surface area contributed by atoms with Gasteiger partial charge in [0.25, 0.3) is 5.91 Å². The number of likely N-dealkylation sites (tertiary alicyclic amines) is 1. The number of carbonyl (C=O) groups is 2. The van der Waals surface area contributed by atoms with Gasteiger partial charge in [0.1, 0.15) is 5.82 Å². The van der Waals surface area contributed by atoms with Gasteiger partial charge in [-0.3, -0.25) is 9.59 Å². The number of halogens is 1. The molecule has 114 valence electrons. The van der Waals surface area contributed by atoms with Crippen LogP contribution in [-0.2, 0) is 4.79 Å². The Bertz CT molecular complexity index is 523. The van der Waals surface area contributed by atoms with Crippen molar-refractivity contribution in [3.63, 3.8) is 0 Å². The zero-order valence-corrected chi connectivity index (χ0v) is 12.4. The maximum absolute atomic E-state index is 13.5. The van der Waals surface area contributed by atoms with Gasteiger partial charge in [0.05, 0.1) is 12.1 Å². The van der Waals surface area contributed by atoms with E-state index in [0.717, 1.165) is 19.5 Å². The summed E-state index contributed by atoms with van der Waals surface area (Å²) in [6.45, 7) is 5.59. The third kappa shape index (κ3) is 4.03. The van der Waals surface area contributed by atoms with Gasteiger partial charge in [-0.15, -0.1) is 0 Å². The fourth-order valence-corrected chi connectivity index (χ4v) is 2.87. The lowest BCUT2D eigenvalue weighted by Crippen LogP contribution is -2.46. The predicted molar refractivity (Wildman–Crippen MR) is 78.3 cm³/mol. The van der Waals surface area contributed by atoms with Crippen molar-refractivity contribution in [2.45, 2.75) is 20.3 Å². The summed E-state index contributed by atoms with van der Waals surface area (Å²) in [5.41, 5.74) is -0.0364. The Morgan fingerprint density at radius 3 is 2.48 bits per heavy atom. The molecule has 2 atom stereocenters. The van der Waals surface area contributed by atoms with Crippen LogP contribution in [0.3, 0.4) is 0 Å². The second-order valence-corrected chi connectivity index (χ2v) is 5.91. The summed E-state index contributed by atoms with van der Waals surface area (Å²) in [6, 6.07) is 5.74. The van der Waals surface area contributed by atoms with Gasteiger partial charge in [-0.25, -0.2) is 4.39 Å². The molecule has 0 spiro atoms. The van der Waals surface area contributed by atoms with Crippen molar-refractivity contribution in [1.29, 1.82) is 0 Å². The minimum absolute atomic E-state index is 0.0364. The average Bonchev–Trinajstić information content (AvgIpc) is 2.43. The van der Waals surface area contributed by atoms with Crippen LogP contribution in [0.4, 0.5) is 4.39 Å². The molecule has 1 aliphatic heterocycles. The summed E-state index contributed by atoms with van der Waals surface area (Å²) < 4.78 is 13.5. The van der Waals surface area contributed by atoms with E-state index in [1.165, 1.54) is 18.2 Å². The molecule has 5 heteroatoms. The van der Waals surface area contributed by atoms with Crippen molar-refractivity contribution in [2.24, 2.45) is 11.8 Å². The fourth-order valence-electron chi connectivity index (χ4n) is 2.87.